The lowest BCUT2D eigenvalue weighted by atomic mass is 10.1. The summed E-state index contributed by atoms with van der Waals surface area (Å²) in [6, 6.07) is 14.2. The molecule has 0 bridgehead atoms. The number of carbonyl (C=O) groups excluding carboxylic acids is 1. The molecule has 8 heteroatoms. The molecule has 144 valence electrons. The summed E-state index contributed by atoms with van der Waals surface area (Å²) < 4.78 is 1.57. The Bertz CT molecular complexity index is 1030. The molecule has 0 spiro atoms. The fourth-order valence-corrected chi connectivity index (χ4v) is 3.20. The van der Waals surface area contributed by atoms with Gasteiger partial charge in [-0.05, 0) is 19.4 Å². The van der Waals surface area contributed by atoms with Crippen molar-refractivity contribution in [3.8, 4) is 0 Å². The van der Waals surface area contributed by atoms with E-state index >= 15 is 0 Å². The Balaban J connectivity index is 1.76. The Morgan fingerprint density at radius 3 is 2.54 bits per heavy atom. The number of nitro groups is 1. The molecular formula is C20H19ClN4O3. The van der Waals surface area contributed by atoms with Crippen LogP contribution in [-0.4, -0.2) is 20.6 Å². The Kier molecular flexibility index (Phi) is 5.75. The Morgan fingerprint density at radius 2 is 1.86 bits per heavy atom. The highest BCUT2D eigenvalue weighted by Gasteiger charge is 2.21. The van der Waals surface area contributed by atoms with Gasteiger partial charge in [0.1, 0.15) is 5.15 Å². The summed E-state index contributed by atoms with van der Waals surface area (Å²) >= 11 is 6.40. The molecule has 2 aromatic carbocycles. The maximum absolute atomic E-state index is 12.6. The van der Waals surface area contributed by atoms with E-state index in [1.807, 2.05) is 31.2 Å². The van der Waals surface area contributed by atoms with Crippen LogP contribution in [0.25, 0.3) is 0 Å². The summed E-state index contributed by atoms with van der Waals surface area (Å²) in [7, 11) is 0. The van der Waals surface area contributed by atoms with Crippen LogP contribution >= 0.6 is 11.6 Å². The minimum absolute atomic E-state index is 0.0227. The van der Waals surface area contributed by atoms with Gasteiger partial charge in [-0.25, -0.2) is 4.68 Å². The van der Waals surface area contributed by atoms with Crippen molar-refractivity contribution in [3.63, 3.8) is 0 Å². The van der Waals surface area contributed by atoms with E-state index in [4.69, 9.17) is 11.6 Å². The van der Waals surface area contributed by atoms with E-state index in [9.17, 15) is 14.9 Å². The van der Waals surface area contributed by atoms with Crippen molar-refractivity contribution in [2.24, 2.45) is 0 Å². The first-order valence-electron chi connectivity index (χ1n) is 8.65. The molecule has 0 aliphatic carbocycles. The Morgan fingerprint density at radius 1 is 1.18 bits per heavy atom. The summed E-state index contributed by atoms with van der Waals surface area (Å²) in [4.78, 5) is 23.3. The van der Waals surface area contributed by atoms with Crippen molar-refractivity contribution in [3.05, 3.63) is 91.7 Å². The lowest BCUT2D eigenvalue weighted by molar-refractivity contribution is -0.385. The SMILES string of the molecule is Cc1ccc(Cn2nc(C)c(C(=O)NCc3ccccc3[N+](=O)[O-])c2Cl)cc1. The predicted octanol–water partition coefficient (Wildman–Crippen LogP) is 4.04. The van der Waals surface area contributed by atoms with Crippen molar-refractivity contribution in [2.75, 3.05) is 0 Å². The van der Waals surface area contributed by atoms with Gasteiger partial charge in [0.2, 0.25) is 0 Å². The van der Waals surface area contributed by atoms with Gasteiger partial charge in [-0.3, -0.25) is 14.9 Å². The number of amides is 1. The average molecular weight is 399 g/mol. The van der Waals surface area contributed by atoms with Gasteiger partial charge < -0.3 is 5.32 Å². The normalized spacial score (nSPS) is 10.7. The lowest BCUT2D eigenvalue weighted by Gasteiger charge is -2.07. The van der Waals surface area contributed by atoms with Crippen LogP contribution in [0.2, 0.25) is 5.15 Å². The summed E-state index contributed by atoms with van der Waals surface area (Å²) in [6.45, 7) is 4.18. The van der Waals surface area contributed by atoms with E-state index in [-0.39, 0.29) is 22.9 Å². The largest absolute Gasteiger partial charge is 0.348 e. The Hall–Kier alpha value is -3.19. The number of aryl methyl sites for hydroxylation is 2. The van der Waals surface area contributed by atoms with Crippen LogP contribution in [0.5, 0.6) is 0 Å². The highest BCUT2D eigenvalue weighted by molar-refractivity contribution is 6.33. The molecule has 28 heavy (non-hydrogen) atoms. The molecule has 3 aromatic rings. The standard InChI is InChI=1S/C20H19ClN4O3/c1-13-7-9-15(10-8-13)12-24-19(21)18(14(2)23-24)20(26)22-11-16-5-3-4-6-17(16)25(27)28/h3-10H,11-12H2,1-2H3,(H,22,26). The van der Waals surface area contributed by atoms with Gasteiger partial charge in [0.05, 0.1) is 22.7 Å². The lowest BCUT2D eigenvalue weighted by Crippen LogP contribution is -2.24. The van der Waals surface area contributed by atoms with Gasteiger partial charge in [0.25, 0.3) is 11.6 Å². The third kappa shape index (κ3) is 4.20. The van der Waals surface area contributed by atoms with Crippen LogP contribution in [-0.2, 0) is 13.1 Å². The van der Waals surface area contributed by atoms with E-state index in [1.54, 1.807) is 29.8 Å². The maximum Gasteiger partial charge on any atom is 0.274 e. The van der Waals surface area contributed by atoms with E-state index in [1.165, 1.54) is 6.07 Å². The zero-order valence-corrected chi connectivity index (χ0v) is 16.2. The summed E-state index contributed by atoms with van der Waals surface area (Å²) in [6.07, 6.45) is 0. The highest BCUT2D eigenvalue weighted by atomic mass is 35.5. The third-order valence-electron chi connectivity index (χ3n) is 4.37. The first-order chi connectivity index (χ1) is 13.4. The number of nitro benzene ring substituents is 1. The predicted molar refractivity (Wildman–Crippen MR) is 107 cm³/mol. The number of halogens is 1. The molecular weight excluding hydrogens is 380 g/mol. The maximum atomic E-state index is 12.6. The molecule has 1 N–H and O–H groups in total. The topological polar surface area (TPSA) is 90.1 Å². The number of rotatable bonds is 6. The third-order valence-corrected chi connectivity index (χ3v) is 4.76. The zero-order valence-electron chi connectivity index (χ0n) is 15.5. The molecule has 0 fully saturated rings. The number of carbonyl (C=O) groups is 1. The first-order valence-corrected chi connectivity index (χ1v) is 9.03. The van der Waals surface area contributed by atoms with Gasteiger partial charge in [-0.1, -0.05) is 59.6 Å². The minimum Gasteiger partial charge on any atom is -0.348 e. The molecule has 1 heterocycles. The number of benzene rings is 2. The number of para-hydroxylation sites is 1. The van der Waals surface area contributed by atoms with E-state index in [2.05, 4.69) is 10.4 Å². The molecule has 1 aromatic heterocycles. The minimum atomic E-state index is -0.473. The molecule has 0 aliphatic rings. The van der Waals surface area contributed by atoms with Crippen molar-refractivity contribution in [1.82, 2.24) is 15.1 Å². The highest BCUT2D eigenvalue weighted by Crippen LogP contribution is 2.22. The molecule has 0 aliphatic heterocycles. The fraction of sp³-hybridized carbons (Fsp3) is 0.200. The van der Waals surface area contributed by atoms with Crippen molar-refractivity contribution in [1.29, 1.82) is 0 Å². The van der Waals surface area contributed by atoms with Gasteiger partial charge >= 0.3 is 0 Å². The summed E-state index contributed by atoms with van der Waals surface area (Å²) in [5, 5.41) is 18.4. The molecule has 1 amide bonds. The zero-order chi connectivity index (χ0) is 20.3. The van der Waals surface area contributed by atoms with E-state index in [0.29, 0.717) is 17.8 Å². The van der Waals surface area contributed by atoms with Crippen LogP contribution in [0.4, 0.5) is 5.69 Å². The van der Waals surface area contributed by atoms with Crippen molar-refractivity contribution in [2.45, 2.75) is 26.9 Å². The van der Waals surface area contributed by atoms with E-state index < -0.39 is 10.8 Å². The number of aromatic nitrogens is 2. The molecule has 3 rings (SSSR count). The molecule has 0 saturated carbocycles. The van der Waals surface area contributed by atoms with Crippen LogP contribution in [0.15, 0.2) is 48.5 Å². The first kappa shape index (κ1) is 19.6. The van der Waals surface area contributed by atoms with Gasteiger partial charge in [0.15, 0.2) is 0 Å². The Labute approximate surface area is 167 Å². The fourth-order valence-electron chi connectivity index (χ4n) is 2.88. The summed E-state index contributed by atoms with van der Waals surface area (Å²) in [5.74, 6) is -0.421. The monoisotopic (exact) mass is 398 g/mol. The molecule has 0 saturated heterocycles. The molecule has 0 radical (unpaired) electrons. The van der Waals surface area contributed by atoms with Crippen molar-refractivity contribution < 1.29 is 9.72 Å². The van der Waals surface area contributed by atoms with Gasteiger partial charge in [-0.15, -0.1) is 0 Å². The second-order valence-electron chi connectivity index (χ2n) is 6.46. The summed E-state index contributed by atoms with van der Waals surface area (Å²) in [5.41, 5.74) is 3.32. The molecule has 0 atom stereocenters. The van der Waals surface area contributed by atoms with E-state index in [0.717, 1.165) is 11.1 Å². The second-order valence-corrected chi connectivity index (χ2v) is 6.82. The van der Waals surface area contributed by atoms with Gasteiger partial charge in [0, 0.05) is 18.2 Å². The van der Waals surface area contributed by atoms with Crippen LogP contribution in [0.1, 0.15) is 32.7 Å². The smallest absolute Gasteiger partial charge is 0.274 e. The average Bonchev–Trinajstić information content (AvgIpc) is 2.95. The second kappa shape index (κ2) is 8.22. The van der Waals surface area contributed by atoms with Crippen LogP contribution < -0.4 is 5.32 Å². The van der Waals surface area contributed by atoms with Gasteiger partial charge in [-0.2, -0.15) is 5.10 Å². The number of hydrogen-bond donors (Lipinski definition) is 1. The number of nitrogens with one attached hydrogen (secondary N) is 1. The van der Waals surface area contributed by atoms with Crippen LogP contribution in [0, 0.1) is 24.0 Å². The molecule has 7 nitrogen and oxygen atoms in total. The van der Waals surface area contributed by atoms with Crippen molar-refractivity contribution >= 4 is 23.2 Å². The number of hydrogen-bond acceptors (Lipinski definition) is 4. The quantitative estimate of drug-likeness (QED) is 0.501. The van der Waals surface area contributed by atoms with Crippen LogP contribution in [0.3, 0.4) is 0 Å². The molecule has 0 unspecified atom stereocenters. The number of nitrogens with zero attached hydrogens (tertiary/aromatic N) is 3.